The number of carbonyl (C=O) groups is 2. The molecule has 0 spiro atoms. The molecule has 0 fully saturated rings. The summed E-state index contributed by atoms with van der Waals surface area (Å²) in [5, 5.41) is 5.34. The molecule has 3 aromatic carbocycles. The Morgan fingerprint density at radius 1 is 0.500 bits per heavy atom. The molecule has 2 amide bonds. The van der Waals surface area contributed by atoms with Crippen molar-refractivity contribution in [2.75, 3.05) is 20.1 Å². The summed E-state index contributed by atoms with van der Waals surface area (Å²) in [5.41, 5.74) is 3.10. The lowest BCUT2D eigenvalue weighted by Crippen LogP contribution is -2.20. The quantitative estimate of drug-likeness (QED) is 0.161. The molecule has 0 saturated heterocycles. The van der Waals surface area contributed by atoms with Crippen LogP contribution in [0.5, 0.6) is 0 Å². The second kappa shape index (κ2) is 13.5. The molecule has 2 heterocycles. The van der Waals surface area contributed by atoms with Crippen LogP contribution < -0.4 is 20.1 Å². The third-order valence-corrected chi connectivity index (χ3v) is 9.37. The fourth-order valence-corrected chi connectivity index (χ4v) is 6.50. The van der Waals surface area contributed by atoms with Crippen molar-refractivity contribution in [3.63, 3.8) is 0 Å². The second-order valence-electron chi connectivity index (χ2n) is 10.7. The average molecular weight is 687 g/mol. The van der Waals surface area contributed by atoms with E-state index >= 15 is 0 Å². The van der Waals surface area contributed by atoms with Crippen molar-refractivity contribution in [3.8, 4) is 0 Å². The minimum atomic E-state index is -4.00. The Kier molecular flexibility index (Phi) is 9.49. The number of anilines is 4. The Morgan fingerprint density at radius 3 is 1.12 bits per heavy atom. The first kappa shape index (κ1) is 33.6. The van der Waals surface area contributed by atoms with Crippen LogP contribution in [0.4, 0.5) is 23.3 Å². The summed E-state index contributed by atoms with van der Waals surface area (Å²) in [6.07, 6.45) is 0. The first-order chi connectivity index (χ1) is 22.7. The summed E-state index contributed by atoms with van der Waals surface area (Å²) in [6, 6.07) is 20.4. The van der Waals surface area contributed by atoms with E-state index in [2.05, 4.69) is 40.0 Å². The van der Waals surface area contributed by atoms with E-state index in [1.807, 2.05) is 0 Å². The van der Waals surface area contributed by atoms with Gasteiger partial charge in [0.25, 0.3) is 31.9 Å². The third kappa shape index (κ3) is 8.15. The highest BCUT2D eigenvalue weighted by molar-refractivity contribution is 7.93. The fourth-order valence-electron chi connectivity index (χ4n) is 4.61. The molecule has 0 unspecified atom stereocenters. The van der Waals surface area contributed by atoms with Gasteiger partial charge in [-0.3, -0.25) is 9.59 Å². The number of hydrogen-bond acceptors (Lipinski definition) is 10. The largest absolute Gasteiger partial charge is 0.322 e. The van der Waals surface area contributed by atoms with E-state index in [0.717, 1.165) is 0 Å². The SMILES string of the molecule is Cc1cc(C)nc(NS(=O)(=O)c2ccc(NC(=O)c3ccccc3C(=O)Nc3ccc(S(=O)(=O)Nc4nc(C)cc(C)n4)cc3)cc2)n1. The summed E-state index contributed by atoms with van der Waals surface area (Å²) < 4.78 is 56.1. The summed E-state index contributed by atoms with van der Waals surface area (Å²) >= 11 is 0. The number of aromatic nitrogens is 4. The molecule has 0 aliphatic heterocycles. The molecule has 5 rings (SSSR count). The van der Waals surface area contributed by atoms with Crippen molar-refractivity contribution in [3.05, 3.63) is 119 Å². The lowest BCUT2D eigenvalue weighted by atomic mass is 10.1. The highest BCUT2D eigenvalue weighted by Gasteiger charge is 2.20. The van der Waals surface area contributed by atoms with Gasteiger partial charge in [-0.15, -0.1) is 0 Å². The number of aryl methyl sites for hydroxylation is 4. The summed E-state index contributed by atoms with van der Waals surface area (Å²) in [5.74, 6) is -1.33. The Labute approximate surface area is 277 Å². The highest BCUT2D eigenvalue weighted by Crippen LogP contribution is 2.21. The molecular formula is C32H30N8O6S2. The summed E-state index contributed by atoms with van der Waals surface area (Å²) in [6.45, 7) is 6.89. The lowest BCUT2D eigenvalue weighted by Gasteiger charge is -2.12. The van der Waals surface area contributed by atoms with E-state index < -0.39 is 31.9 Å². The Bertz CT molecular complexity index is 2040. The number of rotatable bonds is 10. The van der Waals surface area contributed by atoms with Crippen LogP contribution in [0.25, 0.3) is 0 Å². The third-order valence-electron chi connectivity index (χ3n) is 6.68. The first-order valence-corrected chi connectivity index (χ1v) is 17.3. The zero-order valence-electron chi connectivity index (χ0n) is 26.1. The van der Waals surface area contributed by atoms with Gasteiger partial charge in [-0.2, -0.15) is 0 Å². The number of hydrogen-bond donors (Lipinski definition) is 4. The van der Waals surface area contributed by atoms with Gasteiger partial charge in [0.1, 0.15) is 0 Å². The van der Waals surface area contributed by atoms with Crippen LogP contribution >= 0.6 is 0 Å². The van der Waals surface area contributed by atoms with Gasteiger partial charge >= 0.3 is 0 Å². The second-order valence-corrected chi connectivity index (χ2v) is 14.0. The van der Waals surface area contributed by atoms with Crippen molar-refractivity contribution in [1.82, 2.24) is 19.9 Å². The van der Waals surface area contributed by atoms with Crippen molar-refractivity contribution >= 4 is 55.1 Å². The molecule has 0 bridgehead atoms. The lowest BCUT2D eigenvalue weighted by molar-refractivity contribution is 0.0990. The fraction of sp³-hybridized carbons (Fsp3) is 0.125. The Hall–Kier alpha value is -5.74. The van der Waals surface area contributed by atoms with E-state index in [1.54, 1.807) is 52.0 Å². The molecule has 0 aliphatic carbocycles. The van der Waals surface area contributed by atoms with Crippen LogP contribution in [-0.4, -0.2) is 48.6 Å². The van der Waals surface area contributed by atoms with Crippen molar-refractivity contribution in [2.24, 2.45) is 0 Å². The predicted octanol–water partition coefficient (Wildman–Crippen LogP) is 4.61. The molecular weight excluding hydrogens is 657 g/mol. The molecule has 5 aromatic rings. The molecule has 0 saturated carbocycles. The molecule has 246 valence electrons. The van der Waals surface area contributed by atoms with Crippen LogP contribution in [0, 0.1) is 27.7 Å². The van der Waals surface area contributed by atoms with Gasteiger partial charge in [0.2, 0.25) is 11.9 Å². The Balaban J connectivity index is 1.25. The van der Waals surface area contributed by atoms with Crippen LogP contribution in [0.2, 0.25) is 0 Å². The number of amides is 2. The first-order valence-electron chi connectivity index (χ1n) is 14.3. The molecule has 48 heavy (non-hydrogen) atoms. The van der Waals surface area contributed by atoms with E-state index in [4.69, 9.17) is 0 Å². The monoisotopic (exact) mass is 686 g/mol. The zero-order valence-corrected chi connectivity index (χ0v) is 27.8. The Morgan fingerprint density at radius 2 is 0.812 bits per heavy atom. The van der Waals surface area contributed by atoms with Gasteiger partial charge in [-0.25, -0.2) is 46.2 Å². The van der Waals surface area contributed by atoms with Crippen molar-refractivity contribution < 1.29 is 26.4 Å². The molecule has 0 radical (unpaired) electrons. The minimum Gasteiger partial charge on any atom is -0.322 e. The summed E-state index contributed by atoms with van der Waals surface area (Å²) in [7, 11) is -8.01. The molecule has 2 aromatic heterocycles. The molecule has 14 nitrogen and oxygen atoms in total. The molecule has 0 aliphatic rings. The van der Waals surface area contributed by atoms with Crippen LogP contribution in [0.3, 0.4) is 0 Å². The zero-order chi connectivity index (χ0) is 34.6. The van der Waals surface area contributed by atoms with Crippen LogP contribution in [0.1, 0.15) is 43.5 Å². The minimum absolute atomic E-state index is 0.0529. The van der Waals surface area contributed by atoms with Crippen LogP contribution in [-0.2, 0) is 20.0 Å². The maximum absolute atomic E-state index is 13.2. The van der Waals surface area contributed by atoms with Gasteiger partial charge in [0, 0.05) is 34.2 Å². The number of benzene rings is 3. The van der Waals surface area contributed by atoms with Crippen molar-refractivity contribution in [1.29, 1.82) is 0 Å². The van der Waals surface area contributed by atoms with E-state index in [-0.39, 0.29) is 44.2 Å². The van der Waals surface area contributed by atoms with Gasteiger partial charge in [-0.1, -0.05) is 12.1 Å². The standard InChI is InChI=1S/C32H30N8O6S2/c1-19-17-20(2)34-31(33-19)39-47(43,44)25-13-9-23(10-14-25)37-29(41)27-7-5-6-8-28(27)30(42)38-24-11-15-26(16-12-24)48(45,46)40-32-35-21(3)18-22(4)36-32/h5-18H,1-4H3,(H,37,41)(H,38,42)(H,33,34,39)(H,35,36,40). The topological polar surface area (TPSA) is 202 Å². The van der Waals surface area contributed by atoms with Crippen LogP contribution in [0.15, 0.2) is 94.7 Å². The highest BCUT2D eigenvalue weighted by atomic mass is 32.2. The van der Waals surface area contributed by atoms with Gasteiger partial charge < -0.3 is 10.6 Å². The smallest absolute Gasteiger partial charge is 0.264 e. The molecule has 0 atom stereocenters. The van der Waals surface area contributed by atoms with E-state index in [9.17, 15) is 26.4 Å². The van der Waals surface area contributed by atoms with E-state index in [0.29, 0.717) is 22.8 Å². The predicted molar refractivity (Wildman–Crippen MR) is 180 cm³/mol. The molecule has 4 N–H and O–H groups in total. The average Bonchev–Trinajstić information content (AvgIpc) is 3.00. The number of carbonyl (C=O) groups excluding carboxylic acids is 2. The van der Waals surface area contributed by atoms with Gasteiger partial charge in [-0.05, 0) is 100 Å². The normalized spacial score (nSPS) is 11.4. The maximum Gasteiger partial charge on any atom is 0.264 e. The number of sulfonamides is 2. The van der Waals surface area contributed by atoms with Gasteiger partial charge in [0.05, 0.1) is 20.9 Å². The maximum atomic E-state index is 13.2. The summed E-state index contributed by atoms with van der Waals surface area (Å²) in [4.78, 5) is 42.6. The number of nitrogens with one attached hydrogen (secondary N) is 4. The van der Waals surface area contributed by atoms with Gasteiger partial charge in [0.15, 0.2) is 0 Å². The molecule has 16 heteroatoms. The van der Waals surface area contributed by atoms with Crippen molar-refractivity contribution in [2.45, 2.75) is 37.5 Å². The van der Waals surface area contributed by atoms with E-state index in [1.165, 1.54) is 60.7 Å². The number of nitrogens with zero attached hydrogens (tertiary/aromatic N) is 4.